The largest absolute Gasteiger partial charge is 0.338 e. The number of hydrogen-bond donors (Lipinski definition) is 1. The van der Waals surface area contributed by atoms with Crippen molar-refractivity contribution in [3.05, 3.63) is 89.0 Å². The minimum Gasteiger partial charge on any atom is -0.338 e. The summed E-state index contributed by atoms with van der Waals surface area (Å²) in [6, 6.07) is 21.4. The molecule has 0 atom stereocenters. The summed E-state index contributed by atoms with van der Waals surface area (Å²) in [5.41, 5.74) is 5.64. The number of hydrogen-bond acceptors (Lipinski definition) is 3. The number of nitrogens with one attached hydrogen (secondary N) is 1. The lowest BCUT2D eigenvalue weighted by molar-refractivity contribution is -0.128. The molecule has 0 aromatic heterocycles. The molecule has 1 aliphatic heterocycles. The Morgan fingerprint density at radius 2 is 1.72 bits per heavy atom. The first-order valence-corrected chi connectivity index (χ1v) is 12.3. The Hall–Kier alpha value is -2.96. The van der Waals surface area contributed by atoms with Crippen molar-refractivity contribution in [2.45, 2.75) is 44.7 Å². The Balaban J connectivity index is 1.52. The molecular weight excluding hydrogens is 420 g/mol. The Morgan fingerprint density at radius 3 is 2.44 bits per heavy atom. The lowest BCUT2D eigenvalue weighted by atomic mass is 9.98. The molecule has 5 nitrogen and oxygen atoms in total. The molecule has 3 aromatic rings. The van der Waals surface area contributed by atoms with Crippen LogP contribution in [0.5, 0.6) is 0 Å². The van der Waals surface area contributed by atoms with Gasteiger partial charge in [-0.3, -0.25) is 4.79 Å². The predicted octanol–water partition coefficient (Wildman–Crippen LogP) is 4.57. The lowest BCUT2D eigenvalue weighted by Gasteiger charge is -2.16. The second-order valence-electron chi connectivity index (χ2n) is 8.37. The van der Waals surface area contributed by atoms with Gasteiger partial charge in [-0.2, -0.15) is 0 Å². The van der Waals surface area contributed by atoms with Crippen LogP contribution in [0, 0.1) is 13.8 Å². The van der Waals surface area contributed by atoms with Gasteiger partial charge in [0.1, 0.15) is 0 Å². The fourth-order valence-corrected chi connectivity index (χ4v) is 5.42. The van der Waals surface area contributed by atoms with Crippen LogP contribution < -0.4 is 4.72 Å². The first-order valence-electron chi connectivity index (χ1n) is 10.9. The highest BCUT2D eigenvalue weighted by atomic mass is 32.2. The molecule has 1 aliphatic rings. The molecule has 0 bridgehead atoms. The third-order valence-electron chi connectivity index (χ3n) is 5.91. The van der Waals surface area contributed by atoms with Crippen molar-refractivity contribution in [3.63, 3.8) is 0 Å². The van der Waals surface area contributed by atoms with Gasteiger partial charge in [0.05, 0.1) is 4.90 Å². The van der Waals surface area contributed by atoms with E-state index in [1.165, 1.54) is 0 Å². The van der Waals surface area contributed by atoms with Gasteiger partial charge in [-0.1, -0.05) is 60.7 Å². The van der Waals surface area contributed by atoms with Gasteiger partial charge in [-0.25, -0.2) is 13.1 Å². The van der Waals surface area contributed by atoms with E-state index in [4.69, 9.17) is 0 Å². The highest BCUT2D eigenvalue weighted by Crippen LogP contribution is 2.26. The van der Waals surface area contributed by atoms with Crippen LogP contribution in [0.2, 0.25) is 0 Å². The summed E-state index contributed by atoms with van der Waals surface area (Å²) < 4.78 is 28.6. The van der Waals surface area contributed by atoms with Gasteiger partial charge in [-0.05, 0) is 59.7 Å². The summed E-state index contributed by atoms with van der Waals surface area (Å²) >= 11 is 0. The van der Waals surface area contributed by atoms with Crippen molar-refractivity contribution in [2.75, 3.05) is 6.54 Å². The zero-order chi connectivity index (χ0) is 22.7. The number of rotatable bonds is 7. The van der Waals surface area contributed by atoms with Gasteiger partial charge in [0.25, 0.3) is 0 Å². The van der Waals surface area contributed by atoms with Crippen LogP contribution in [-0.2, 0) is 27.9 Å². The number of carbonyl (C=O) groups excluding carboxylic acids is 1. The Labute approximate surface area is 190 Å². The lowest BCUT2D eigenvalue weighted by Crippen LogP contribution is -2.24. The number of amides is 1. The van der Waals surface area contributed by atoms with Crippen LogP contribution in [0.15, 0.2) is 71.6 Å². The fourth-order valence-electron chi connectivity index (χ4n) is 4.08. The molecule has 1 saturated heterocycles. The molecular formula is C26H28N2O3S. The van der Waals surface area contributed by atoms with E-state index in [-0.39, 0.29) is 12.5 Å². The quantitative estimate of drug-likeness (QED) is 0.576. The highest BCUT2D eigenvalue weighted by Gasteiger charge is 2.20. The molecule has 166 valence electrons. The molecule has 6 heteroatoms. The van der Waals surface area contributed by atoms with E-state index in [2.05, 4.69) is 4.72 Å². The summed E-state index contributed by atoms with van der Waals surface area (Å²) in [5, 5.41) is 0. The molecule has 1 N–H and O–H groups in total. The van der Waals surface area contributed by atoms with Crippen molar-refractivity contribution in [3.8, 4) is 11.1 Å². The maximum absolute atomic E-state index is 12.9. The number of nitrogens with zero attached hydrogens (tertiary/aromatic N) is 1. The third kappa shape index (κ3) is 4.92. The summed E-state index contributed by atoms with van der Waals surface area (Å²) in [5.74, 6) is 0.218. The van der Waals surface area contributed by atoms with E-state index in [1.807, 2.05) is 72.5 Å². The predicted molar refractivity (Wildman–Crippen MR) is 126 cm³/mol. The van der Waals surface area contributed by atoms with Crippen LogP contribution in [0.4, 0.5) is 0 Å². The molecule has 1 heterocycles. The Bertz CT molecular complexity index is 1230. The van der Waals surface area contributed by atoms with Crippen LogP contribution in [-0.4, -0.2) is 25.8 Å². The van der Waals surface area contributed by atoms with Gasteiger partial charge >= 0.3 is 0 Å². The summed E-state index contributed by atoms with van der Waals surface area (Å²) in [7, 11) is -3.62. The zero-order valence-corrected chi connectivity index (χ0v) is 19.3. The Morgan fingerprint density at radius 1 is 0.969 bits per heavy atom. The zero-order valence-electron chi connectivity index (χ0n) is 18.5. The standard InChI is InChI=1S/C26H28N2O3S/c1-19-9-10-20(2)25(16-19)32(30,31)27-17-23-6-3-4-7-24(23)22-13-11-21(12-14-22)18-28-15-5-8-26(28)29/h3-4,6-7,9-14,16,27H,5,8,15,17-18H2,1-2H3. The summed E-state index contributed by atoms with van der Waals surface area (Å²) in [6.07, 6.45) is 1.58. The van der Waals surface area contributed by atoms with Crippen LogP contribution in [0.25, 0.3) is 11.1 Å². The monoisotopic (exact) mass is 448 g/mol. The second-order valence-corrected chi connectivity index (χ2v) is 10.1. The van der Waals surface area contributed by atoms with Gasteiger partial charge in [0.15, 0.2) is 0 Å². The molecule has 1 amide bonds. The van der Waals surface area contributed by atoms with E-state index in [9.17, 15) is 13.2 Å². The van der Waals surface area contributed by atoms with Crippen molar-refractivity contribution < 1.29 is 13.2 Å². The first kappa shape index (κ1) is 22.2. The average molecular weight is 449 g/mol. The molecule has 3 aromatic carbocycles. The van der Waals surface area contributed by atoms with Gasteiger partial charge in [-0.15, -0.1) is 0 Å². The van der Waals surface area contributed by atoms with Crippen LogP contribution >= 0.6 is 0 Å². The number of sulfonamides is 1. The van der Waals surface area contributed by atoms with Crippen molar-refractivity contribution in [1.82, 2.24) is 9.62 Å². The Kier molecular flexibility index (Phi) is 6.44. The van der Waals surface area contributed by atoms with E-state index < -0.39 is 10.0 Å². The minimum atomic E-state index is -3.62. The maximum atomic E-state index is 12.9. The van der Waals surface area contributed by atoms with Gasteiger partial charge in [0, 0.05) is 26.1 Å². The van der Waals surface area contributed by atoms with E-state index in [1.54, 1.807) is 13.0 Å². The maximum Gasteiger partial charge on any atom is 0.241 e. The molecule has 0 spiro atoms. The molecule has 0 radical (unpaired) electrons. The summed E-state index contributed by atoms with van der Waals surface area (Å²) in [6.45, 7) is 5.35. The van der Waals surface area contributed by atoms with Crippen LogP contribution in [0.1, 0.15) is 35.1 Å². The van der Waals surface area contributed by atoms with Crippen molar-refractivity contribution in [1.29, 1.82) is 0 Å². The number of benzene rings is 3. The number of carbonyl (C=O) groups is 1. The SMILES string of the molecule is Cc1ccc(C)c(S(=O)(=O)NCc2ccccc2-c2ccc(CN3CCCC3=O)cc2)c1. The van der Waals surface area contributed by atoms with E-state index in [0.717, 1.165) is 46.3 Å². The molecule has 1 fully saturated rings. The fraction of sp³-hybridized carbons (Fsp3) is 0.269. The molecule has 32 heavy (non-hydrogen) atoms. The number of likely N-dealkylation sites (tertiary alicyclic amines) is 1. The first-order chi connectivity index (χ1) is 15.3. The average Bonchev–Trinajstić information content (AvgIpc) is 3.19. The molecule has 0 unspecified atom stereocenters. The topological polar surface area (TPSA) is 66.5 Å². The molecule has 0 saturated carbocycles. The summed E-state index contributed by atoms with van der Waals surface area (Å²) in [4.78, 5) is 14.1. The normalized spacial score (nSPS) is 14.2. The van der Waals surface area contributed by atoms with E-state index >= 15 is 0 Å². The number of aryl methyl sites for hydroxylation is 2. The molecule has 0 aliphatic carbocycles. The van der Waals surface area contributed by atoms with Crippen LogP contribution in [0.3, 0.4) is 0 Å². The minimum absolute atomic E-state index is 0.204. The van der Waals surface area contributed by atoms with Gasteiger partial charge in [0.2, 0.25) is 15.9 Å². The third-order valence-corrected chi connectivity index (χ3v) is 7.46. The van der Waals surface area contributed by atoms with E-state index in [0.29, 0.717) is 17.9 Å². The van der Waals surface area contributed by atoms with Crippen molar-refractivity contribution in [2.24, 2.45) is 0 Å². The van der Waals surface area contributed by atoms with Gasteiger partial charge < -0.3 is 4.90 Å². The smallest absolute Gasteiger partial charge is 0.241 e. The van der Waals surface area contributed by atoms with Crippen molar-refractivity contribution >= 4 is 15.9 Å². The molecule has 4 rings (SSSR count). The highest BCUT2D eigenvalue weighted by molar-refractivity contribution is 7.89. The second kappa shape index (κ2) is 9.27.